The summed E-state index contributed by atoms with van der Waals surface area (Å²) in [6, 6.07) is -1.16. The van der Waals surface area contributed by atoms with Crippen LogP contribution in [0.25, 0.3) is 0 Å². The average Bonchev–Trinajstić information content (AvgIpc) is 3.26. The molecular formula is C50H77NO13. The van der Waals surface area contributed by atoms with Crippen LogP contribution in [0, 0.1) is 35.5 Å². The van der Waals surface area contributed by atoms with E-state index in [-0.39, 0.29) is 61.2 Å². The zero-order valence-corrected chi connectivity index (χ0v) is 39.6. The predicted molar refractivity (Wildman–Crippen MR) is 240 cm³/mol. The fourth-order valence-electron chi connectivity index (χ4n) is 9.85. The number of allylic oxidation sites excluding steroid dienone is 6. The molecule has 0 radical (unpaired) electrons. The maximum atomic E-state index is 14.3. The second-order valence-electron chi connectivity index (χ2n) is 19.4. The Morgan fingerprint density at radius 1 is 0.859 bits per heavy atom. The standard InChI is InChI=1S/C50H77NO13/c1-29-15-11-10-12-16-30(2)40(53)27-37-20-18-35(7)50(60,64-37)47(57)48(58)51-22-14-13-17-38(51)49(59)63-42(32(4)25-36-19-21-39(52)43(26-36)61-8)28-41(54)31(3)24-34(6)45(56)46(62-9)44(55)33(5)23-29/h10-12,15-16,24,29,31-33,35-40,42-43,45-46,52-53,56,60H,13-14,17-23,25-28H2,1-9H3/b12-10+,15-11+,30-16+,34-24+/t29-,31-,32-,33-,35-,36+,37+,38+,39-,40+,42?,43-,45-,46+,50-/m1/s1. The SMILES string of the molecule is CO[C@@H]1C[C@H](C[C@@H](C)C2CC(=O)[C@H](C)/C=C(\C)[C@@H](O)[C@@H](OC)C(=O)[C@H](C)C[C@H](C)/C=C/C=C/C=C(\C)[C@@H](O)C[C@@H]3CC[C@@H](C)[C@@](O)(O3)C(=O)C(=O)N3CCCC[C@H]3C(=O)O2)CC[C@H]1O. The Kier molecular flexibility index (Phi) is 20.3. The Hall–Kier alpha value is -3.37. The van der Waals surface area contributed by atoms with Crippen LogP contribution in [-0.4, -0.2) is 130 Å². The number of ether oxygens (including phenoxy) is 4. The van der Waals surface area contributed by atoms with Crippen molar-refractivity contribution in [1.82, 2.24) is 4.90 Å². The summed E-state index contributed by atoms with van der Waals surface area (Å²) in [7, 11) is 2.93. The van der Waals surface area contributed by atoms with E-state index >= 15 is 0 Å². The number of hydrogen-bond acceptors (Lipinski definition) is 13. The van der Waals surface area contributed by atoms with Crippen molar-refractivity contribution in [2.75, 3.05) is 20.8 Å². The molecule has 4 N–H and O–H groups in total. The van der Waals surface area contributed by atoms with E-state index in [9.17, 15) is 44.4 Å². The van der Waals surface area contributed by atoms with Crippen molar-refractivity contribution in [1.29, 1.82) is 0 Å². The number of fused-ring (bicyclic) bond motifs is 3. The quantitative estimate of drug-likeness (QED) is 0.153. The Morgan fingerprint density at radius 3 is 2.27 bits per heavy atom. The summed E-state index contributed by atoms with van der Waals surface area (Å²) in [6.45, 7) is 12.5. The van der Waals surface area contributed by atoms with Crippen LogP contribution in [-0.2, 0) is 42.9 Å². The van der Waals surface area contributed by atoms with Crippen LogP contribution < -0.4 is 0 Å². The van der Waals surface area contributed by atoms with Crippen LogP contribution in [0.5, 0.6) is 0 Å². The summed E-state index contributed by atoms with van der Waals surface area (Å²) < 4.78 is 23.3. The minimum absolute atomic E-state index is 0.00489. The molecule has 2 bridgehead atoms. The van der Waals surface area contributed by atoms with Crippen molar-refractivity contribution in [3.8, 4) is 0 Å². The van der Waals surface area contributed by atoms with E-state index in [1.54, 1.807) is 60.0 Å². The number of piperidine rings is 1. The molecule has 1 saturated carbocycles. The van der Waals surface area contributed by atoms with E-state index in [1.807, 2.05) is 32.1 Å². The van der Waals surface area contributed by atoms with Gasteiger partial charge in [-0.3, -0.25) is 19.2 Å². The predicted octanol–water partition coefficient (Wildman–Crippen LogP) is 5.53. The van der Waals surface area contributed by atoms with Gasteiger partial charge in [-0.25, -0.2) is 4.79 Å². The molecule has 1 amide bonds. The first-order valence-electron chi connectivity index (χ1n) is 23.5. The number of Topliss-reactive ketones (excluding diaryl/α,β-unsaturated/α-hetero) is 3. The first kappa shape index (κ1) is 53.2. The third kappa shape index (κ3) is 13.8. The molecule has 1 aliphatic carbocycles. The molecule has 3 aliphatic heterocycles. The van der Waals surface area contributed by atoms with Gasteiger partial charge in [0.15, 0.2) is 5.78 Å². The van der Waals surface area contributed by atoms with Crippen molar-refractivity contribution in [2.45, 2.75) is 180 Å². The highest BCUT2D eigenvalue weighted by Gasteiger charge is 2.53. The van der Waals surface area contributed by atoms with Gasteiger partial charge in [0.05, 0.1) is 24.4 Å². The number of rotatable bonds is 5. The second kappa shape index (κ2) is 24.4. The van der Waals surface area contributed by atoms with Crippen molar-refractivity contribution in [3.63, 3.8) is 0 Å². The summed E-state index contributed by atoms with van der Waals surface area (Å²) in [5, 5.41) is 44.8. The van der Waals surface area contributed by atoms with Gasteiger partial charge in [0, 0.05) is 51.4 Å². The van der Waals surface area contributed by atoms with Gasteiger partial charge in [0.25, 0.3) is 11.7 Å². The lowest BCUT2D eigenvalue weighted by molar-refractivity contribution is -0.265. The zero-order valence-electron chi connectivity index (χ0n) is 39.6. The summed E-state index contributed by atoms with van der Waals surface area (Å²) in [5.74, 6) is -8.24. The lowest BCUT2D eigenvalue weighted by Gasteiger charge is -2.42. The number of aliphatic hydroxyl groups is 4. The number of methoxy groups -OCH3 is 2. The molecule has 4 rings (SSSR count). The van der Waals surface area contributed by atoms with E-state index in [1.165, 1.54) is 7.11 Å². The first-order chi connectivity index (χ1) is 30.2. The van der Waals surface area contributed by atoms with E-state index in [0.717, 1.165) is 4.90 Å². The summed E-state index contributed by atoms with van der Waals surface area (Å²) in [6.07, 6.45) is 9.53. The van der Waals surface area contributed by atoms with E-state index in [4.69, 9.17) is 18.9 Å². The molecule has 0 aromatic rings. The maximum Gasteiger partial charge on any atom is 0.329 e. The average molecular weight is 900 g/mol. The molecule has 1 unspecified atom stereocenters. The highest BCUT2D eigenvalue weighted by molar-refractivity contribution is 6.39. The van der Waals surface area contributed by atoms with Gasteiger partial charge in [-0.15, -0.1) is 0 Å². The molecule has 0 aromatic heterocycles. The molecule has 360 valence electrons. The topological polar surface area (TPSA) is 206 Å². The van der Waals surface area contributed by atoms with Crippen LogP contribution in [0.4, 0.5) is 0 Å². The number of ketones is 3. The highest BCUT2D eigenvalue weighted by atomic mass is 16.6. The van der Waals surface area contributed by atoms with E-state index in [2.05, 4.69) is 0 Å². The Morgan fingerprint density at radius 2 is 1.58 bits per heavy atom. The Balaban J connectivity index is 1.69. The smallest absolute Gasteiger partial charge is 0.329 e. The van der Waals surface area contributed by atoms with Gasteiger partial charge in [0.2, 0.25) is 5.79 Å². The molecule has 14 nitrogen and oxygen atoms in total. The lowest BCUT2D eigenvalue weighted by atomic mass is 9.78. The first-order valence-corrected chi connectivity index (χ1v) is 23.5. The number of esters is 1. The van der Waals surface area contributed by atoms with Crippen LogP contribution >= 0.6 is 0 Å². The third-order valence-corrected chi connectivity index (χ3v) is 14.2. The third-order valence-electron chi connectivity index (χ3n) is 14.2. The molecular weight excluding hydrogens is 823 g/mol. The van der Waals surface area contributed by atoms with Gasteiger partial charge < -0.3 is 44.3 Å². The monoisotopic (exact) mass is 900 g/mol. The summed E-state index contributed by atoms with van der Waals surface area (Å²) >= 11 is 0. The van der Waals surface area contributed by atoms with Crippen LogP contribution in [0.2, 0.25) is 0 Å². The van der Waals surface area contributed by atoms with E-state index < -0.39 is 83.9 Å². The molecule has 2 saturated heterocycles. The Labute approximate surface area is 380 Å². The molecule has 0 spiro atoms. The Bertz CT molecular complexity index is 1740. The molecule has 15 atom stereocenters. The van der Waals surface area contributed by atoms with Gasteiger partial charge in [0.1, 0.15) is 30.1 Å². The van der Waals surface area contributed by atoms with Gasteiger partial charge in [-0.05, 0) is 107 Å². The summed E-state index contributed by atoms with van der Waals surface area (Å²) in [4.78, 5) is 71.4. The fraction of sp³-hybridized carbons (Fsp3) is 0.740. The molecule has 4 aliphatic rings. The van der Waals surface area contributed by atoms with E-state index in [0.29, 0.717) is 68.9 Å². The van der Waals surface area contributed by atoms with Crippen molar-refractivity contribution in [3.05, 3.63) is 47.6 Å². The second-order valence-corrected chi connectivity index (χ2v) is 19.4. The number of cyclic esters (lactones) is 1. The fourth-order valence-corrected chi connectivity index (χ4v) is 9.85. The molecule has 14 heteroatoms. The van der Waals surface area contributed by atoms with Crippen molar-refractivity contribution in [2.24, 2.45) is 35.5 Å². The minimum atomic E-state index is -2.48. The number of nitrogens with zero attached hydrogens (tertiary/aromatic N) is 1. The normalized spacial score (nSPS) is 40.9. The number of hydrogen-bond donors (Lipinski definition) is 4. The zero-order chi connectivity index (χ0) is 47.5. The lowest BCUT2D eigenvalue weighted by Crippen LogP contribution is -2.61. The van der Waals surface area contributed by atoms with Crippen molar-refractivity contribution >= 4 is 29.2 Å². The van der Waals surface area contributed by atoms with Crippen molar-refractivity contribution < 1.29 is 63.3 Å². The minimum Gasteiger partial charge on any atom is -0.460 e. The molecule has 64 heavy (non-hydrogen) atoms. The number of amides is 1. The number of aliphatic hydroxyl groups excluding tert-OH is 3. The highest BCUT2D eigenvalue weighted by Crippen LogP contribution is 2.37. The van der Waals surface area contributed by atoms with Gasteiger partial charge in [-0.1, -0.05) is 71.1 Å². The molecule has 3 fully saturated rings. The largest absolute Gasteiger partial charge is 0.460 e. The van der Waals surface area contributed by atoms with Gasteiger partial charge >= 0.3 is 5.97 Å². The molecule has 3 heterocycles. The summed E-state index contributed by atoms with van der Waals surface area (Å²) in [5.41, 5.74) is 1.000. The molecule has 0 aromatic carbocycles. The number of carbonyl (C=O) groups is 5. The van der Waals surface area contributed by atoms with Gasteiger partial charge in [-0.2, -0.15) is 0 Å². The van der Waals surface area contributed by atoms with Crippen LogP contribution in [0.15, 0.2) is 47.6 Å². The van der Waals surface area contributed by atoms with Crippen LogP contribution in [0.1, 0.15) is 126 Å². The number of carbonyl (C=O) groups excluding carboxylic acids is 5. The van der Waals surface area contributed by atoms with Crippen LogP contribution in [0.3, 0.4) is 0 Å². The maximum absolute atomic E-state index is 14.3.